The smallest absolute Gasteiger partial charge is 0.223 e. The topological polar surface area (TPSA) is 59.8 Å². The lowest BCUT2D eigenvalue weighted by Crippen LogP contribution is -2.30. The molecule has 5 heteroatoms. The second-order valence-corrected chi connectivity index (χ2v) is 5.21. The molecule has 1 aliphatic rings. The normalized spacial score (nSPS) is 17.6. The number of carbonyl (C=O) groups is 1. The zero-order chi connectivity index (χ0) is 14.5. The highest BCUT2D eigenvalue weighted by molar-refractivity contribution is 5.78. The number of aromatic nitrogens is 3. The Morgan fingerprint density at radius 1 is 1.29 bits per heavy atom. The minimum Gasteiger partial charge on any atom is -0.352 e. The summed E-state index contributed by atoms with van der Waals surface area (Å²) in [6.07, 6.45) is 10.2. The van der Waals surface area contributed by atoms with E-state index < -0.39 is 0 Å². The Balaban J connectivity index is 1.56. The van der Waals surface area contributed by atoms with E-state index >= 15 is 0 Å². The van der Waals surface area contributed by atoms with Gasteiger partial charge in [-0.2, -0.15) is 5.10 Å². The third kappa shape index (κ3) is 3.37. The van der Waals surface area contributed by atoms with Gasteiger partial charge in [-0.3, -0.25) is 4.79 Å². The molecule has 0 radical (unpaired) electrons. The lowest BCUT2D eigenvalue weighted by atomic mass is 9.93. The van der Waals surface area contributed by atoms with Crippen molar-refractivity contribution >= 4 is 5.91 Å². The molecule has 1 aliphatic carbocycles. The molecule has 1 aromatic heterocycles. The fraction of sp³-hybridized carbons (Fsp3) is 0.312. The van der Waals surface area contributed by atoms with Crippen LogP contribution in [0.3, 0.4) is 0 Å². The molecule has 1 atom stereocenters. The van der Waals surface area contributed by atoms with Crippen molar-refractivity contribution in [2.75, 3.05) is 0 Å². The number of nitrogens with one attached hydrogen (secondary N) is 1. The average molecular weight is 282 g/mol. The second-order valence-electron chi connectivity index (χ2n) is 5.21. The second kappa shape index (κ2) is 6.35. The van der Waals surface area contributed by atoms with Crippen molar-refractivity contribution in [1.82, 2.24) is 20.1 Å². The van der Waals surface area contributed by atoms with Crippen molar-refractivity contribution in [1.29, 1.82) is 0 Å². The van der Waals surface area contributed by atoms with E-state index in [1.54, 1.807) is 11.0 Å². The third-order valence-corrected chi connectivity index (χ3v) is 3.73. The van der Waals surface area contributed by atoms with E-state index in [1.165, 1.54) is 6.33 Å². The van der Waals surface area contributed by atoms with Crippen LogP contribution < -0.4 is 5.32 Å². The van der Waals surface area contributed by atoms with Crippen LogP contribution in [0.25, 0.3) is 5.69 Å². The first-order valence-corrected chi connectivity index (χ1v) is 7.19. The SMILES string of the molecule is O=C(NCc1ccc(-n2cncn2)cc1)[C@H]1CC=CCC1. The molecule has 1 amide bonds. The van der Waals surface area contributed by atoms with E-state index in [1.807, 2.05) is 24.3 Å². The maximum atomic E-state index is 12.1. The predicted octanol–water partition coefficient (Wildman–Crippen LogP) is 2.24. The van der Waals surface area contributed by atoms with Gasteiger partial charge in [-0.25, -0.2) is 9.67 Å². The predicted molar refractivity (Wildman–Crippen MR) is 79.7 cm³/mol. The van der Waals surface area contributed by atoms with Crippen LogP contribution in [0.5, 0.6) is 0 Å². The third-order valence-electron chi connectivity index (χ3n) is 3.73. The van der Waals surface area contributed by atoms with Crippen LogP contribution in [0.4, 0.5) is 0 Å². The van der Waals surface area contributed by atoms with Gasteiger partial charge in [0.15, 0.2) is 0 Å². The molecule has 0 spiro atoms. The van der Waals surface area contributed by atoms with E-state index in [4.69, 9.17) is 0 Å². The molecule has 21 heavy (non-hydrogen) atoms. The van der Waals surface area contributed by atoms with Gasteiger partial charge < -0.3 is 5.32 Å². The van der Waals surface area contributed by atoms with Crippen LogP contribution in [0, 0.1) is 5.92 Å². The van der Waals surface area contributed by atoms with E-state index in [0.717, 1.165) is 30.5 Å². The minimum atomic E-state index is 0.129. The summed E-state index contributed by atoms with van der Waals surface area (Å²) in [5, 5.41) is 7.10. The number of allylic oxidation sites excluding steroid dienone is 2. The number of rotatable bonds is 4. The van der Waals surface area contributed by atoms with Gasteiger partial charge in [0, 0.05) is 12.5 Å². The Morgan fingerprint density at radius 3 is 2.81 bits per heavy atom. The van der Waals surface area contributed by atoms with Crippen LogP contribution >= 0.6 is 0 Å². The monoisotopic (exact) mass is 282 g/mol. The number of carbonyl (C=O) groups excluding carboxylic acids is 1. The quantitative estimate of drug-likeness (QED) is 0.875. The highest BCUT2D eigenvalue weighted by Crippen LogP contribution is 2.18. The number of hydrogen-bond donors (Lipinski definition) is 1. The Kier molecular flexibility index (Phi) is 4.09. The van der Waals surface area contributed by atoms with Gasteiger partial charge in [0.1, 0.15) is 12.7 Å². The Morgan fingerprint density at radius 2 is 2.14 bits per heavy atom. The molecule has 3 rings (SSSR count). The van der Waals surface area contributed by atoms with E-state index in [2.05, 4.69) is 27.6 Å². The number of hydrogen-bond acceptors (Lipinski definition) is 3. The molecule has 0 saturated heterocycles. The maximum absolute atomic E-state index is 12.1. The van der Waals surface area contributed by atoms with Gasteiger partial charge >= 0.3 is 0 Å². The fourth-order valence-electron chi connectivity index (χ4n) is 2.47. The van der Waals surface area contributed by atoms with Crippen molar-refractivity contribution in [3.8, 4) is 5.69 Å². The molecule has 0 fully saturated rings. The Bertz CT molecular complexity index is 616. The zero-order valence-electron chi connectivity index (χ0n) is 11.8. The van der Waals surface area contributed by atoms with Crippen LogP contribution in [-0.2, 0) is 11.3 Å². The number of nitrogens with zero attached hydrogens (tertiary/aromatic N) is 3. The number of amides is 1. The van der Waals surface area contributed by atoms with Crippen LogP contribution in [0.15, 0.2) is 49.1 Å². The van der Waals surface area contributed by atoms with Crippen molar-refractivity contribution < 1.29 is 4.79 Å². The molecule has 5 nitrogen and oxygen atoms in total. The Labute approximate surface area is 123 Å². The van der Waals surface area contributed by atoms with Crippen LogP contribution in [-0.4, -0.2) is 20.7 Å². The summed E-state index contributed by atoms with van der Waals surface area (Å²) >= 11 is 0. The largest absolute Gasteiger partial charge is 0.352 e. The summed E-state index contributed by atoms with van der Waals surface area (Å²) in [5.41, 5.74) is 2.04. The van der Waals surface area contributed by atoms with Gasteiger partial charge in [0.05, 0.1) is 5.69 Å². The van der Waals surface area contributed by atoms with Crippen LogP contribution in [0.1, 0.15) is 24.8 Å². The summed E-state index contributed by atoms with van der Waals surface area (Å²) in [4.78, 5) is 16.0. The van der Waals surface area contributed by atoms with Crippen molar-refractivity contribution in [3.63, 3.8) is 0 Å². The first kappa shape index (κ1) is 13.5. The fourth-order valence-corrected chi connectivity index (χ4v) is 2.47. The van der Waals surface area contributed by atoms with Crippen molar-refractivity contribution in [3.05, 3.63) is 54.6 Å². The van der Waals surface area contributed by atoms with E-state index in [9.17, 15) is 4.79 Å². The summed E-state index contributed by atoms with van der Waals surface area (Å²) in [5.74, 6) is 0.282. The summed E-state index contributed by atoms with van der Waals surface area (Å²) in [7, 11) is 0. The molecule has 1 N–H and O–H groups in total. The highest BCUT2D eigenvalue weighted by Gasteiger charge is 2.17. The summed E-state index contributed by atoms with van der Waals surface area (Å²) < 4.78 is 1.71. The molecular formula is C16H18N4O. The molecule has 0 aliphatic heterocycles. The van der Waals surface area contributed by atoms with Gasteiger partial charge in [0.25, 0.3) is 0 Å². The lowest BCUT2D eigenvalue weighted by Gasteiger charge is -2.17. The maximum Gasteiger partial charge on any atom is 0.223 e. The van der Waals surface area contributed by atoms with Gasteiger partial charge in [0.2, 0.25) is 5.91 Å². The zero-order valence-corrected chi connectivity index (χ0v) is 11.8. The van der Waals surface area contributed by atoms with E-state index in [-0.39, 0.29) is 11.8 Å². The van der Waals surface area contributed by atoms with Crippen molar-refractivity contribution in [2.24, 2.45) is 5.92 Å². The van der Waals surface area contributed by atoms with Gasteiger partial charge in [-0.15, -0.1) is 0 Å². The molecule has 0 unspecified atom stereocenters. The standard InChI is InChI=1S/C16H18N4O/c21-16(14-4-2-1-3-5-14)18-10-13-6-8-15(9-7-13)20-12-17-11-19-20/h1-2,6-9,11-12,14H,3-5,10H2,(H,18,21)/t14-/m0/s1. The number of benzene rings is 1. The Hall–Kier alpha value is -2.43. The van der Waals surface area contributed by atoms with Crippen LogP contribution in [0.2, 0.25) is 0 Å². The average Bonchev–Trinajstić information content (AvgIpc) is 3.08. The summed E-state index contributed by atoms with van der Waals surface area (Å²) in [6, 6.07) is 7.94. The highest BCUT2D eigenvalue weighted by atomic mass is 16.1. The molecular weight excluding hydrogens is 264 g/mol. The lowest BCUT2D eigenvalue weighted by molar-refractivity contribution is -0.125. The molecule has 0 saturated carbocycles. The first-order valence-electron chi connectivity index (χ1n) is 7.19. The minimum absolute atomic E-state index is 0.129. The summed E-state index contributed by atoms with van der Waals surface area (Å²) in [6.45, 7) is 0.566. The van der Waals surface area contributed by atoms with Gasteiger partial charge in [-0.05, 0) is 37.0 Å². The molecule has 108 valence electrons. The van der Waals surface area contributed by atoms with Crippen molar-refractivity contribution in [2.45, 2.75) is 25.8 Å². The molecule has 1 heterocycles. The van der Waals surface area contributed by atoms with E-state index in [0.29, 0.717) is 6.54 Å². The molecule has 0 bridgehead atoms. The first-order chi connectivity index (χ1) is 10.3. The molecule has 1 aromatic carbocycles. The van der Waals surface area contributed by atoms with Gasteiger partial charge in [-0.1, -0.05) is 24.3 Å². The molecule has 2 aromatic rings.